The molecule has 4 rings (SSSR count). The molecule has 2 aromatic heterocycles. The molecule has 172 valence electrons. The van der Waals surface area contributed by atoms with Crippen LogP contribution in [0.1, 0.15) is 10.4 Å². The molecule has 34 heavy (non-hydrogen) atoms. The molecular weight excluding hydrogens is 454 g/mol. The van der Waals surface area contributed by atoms with Crippen molar-refractivity contribution in [2.45, 2.75) is 5.16 Å². The average Bonchev–Trinajstić information content (AvgIpc) is 3.24. The van der Waals surface area contributed by atoms with E-state index in [1.807, 2.05) is 6.07 Å². The maximum Gasteiger partial charge on any atom is 0.255 e. The van der Waals surface area contributed by atoms with Gasteiger partial charge in [-0.2, -0.15) is 0 Å². The third-order valence-corrected chi connectivity index (χ3v) is 5.64. The lowest BCUT2D eigenvalue weighted by Gasteiger charge is -2.08. The van der Waals surface area contributed by atoms with Gasteiger partial charge in [-0.3, -0.25) is 14.6 Å². The van der Waals surface area contributed by atoms with Crippen molar-refractivity contribution in [3.8, 4) is 17.1 Å². The van der Waals surface area contributed by atoms with Gasteiger partial charge >= 0.3 is 0 Å². The molecule has 4 N–H and O–H groups in total. The summed E-state index contributed by atoms with van der Waals surface area (Å²) in [6, 6.07) is 17.2. The minimum Gasteiger partial charge on any atom is -0.497 e. The number of benzene rings is 2. The van der Waals surface area contributed by atoms with Crippen LogP contribution in [-0.2, 0) is 4.79 Å². The van der Waals surface area contributed by atoms with Crippen LogP contribution in [0.15, 0.2) is 78.2 Å². The Bertz CT molecular complexity index is 1280. The number of hydrogen-bond acceptors (Lipinski definition) is 8. The number of nitrogen functional groups attached to an aromatic ring is 1. The fourth-order valence-corrected chi connectivity index (χ4v) is 3.63. The lowest BCUT2D eigenvalue weighted by atomic mass is 10.2. The fourth-order valence-electron chi connectivity index (χ4n) is 2.98. The number of carbonyl (C=O) groups excluding carboxylic acids is 2. The zero-order valence-corrected chi connectivity index (χ0v) is 19.0. The summed E-state index contributed by atoms with van der Waals surface area (Å²) in [6.45, 7) is 0. The topological polar surface area (TPSA) is 137 Å². The van der Waals surface area contributed by atoms with Crippen molar-refractivity contribution in [3.63, 3.8) is 0 Å². The molecule has 0 bridgehead atoms. The summed E-state index contributed by atoms with van der Waals surface area (Å²) in [5.74, 6) is 6.80. The van der Waals surface area contributed by atoms with E-state index >= 15 is 0 Å². The van der Waals surface area contributed by atoms with Crippen LogP contribution in [0, 0.1) is 0 Å². The predicted molar refractivity (Wildman–Crippen MR) is 130 cm³/mol. The predicted octanol–water partition coefficient (Wildman–Crippen LogP) is 3.05. The van der Waals surface area contributed by atoms with Crippen LogP contribution in [0.5, 0.6) is 5.75 Å². The first-order valence-electron chi connectivity index (χ1n) is 10.1. The molecule has 0 unspecified atom stereocenters. The Labute approximate surface area is 199 Å². The summed E-state index contributed by atoms with van der Waals surface area (Å²) in [5.41, 5.74) is 2.41. The molecule has 0 spiro atoms. The minimum absolute atomic E-state index is 0.0854. The number of amides is 2. The molecule has 2 heterocycles. The number of thioether (sulfide) groups is 1. The second-order valence-electron chi connectivity index (χ2n) is 7.01. The Morgan fingerprint density at radius 2 is 1.71 bits per heavy atom. The monoisotopic (exact) mass is 475 g/mol. The van der Waals surface area contributed by atoms with Crippen LogP contribution < -0.4 is 21.2 Å². The number of rotatable bonds is 8. The quantitative estimate of drug-likeness (QED) is 0.261. The lowest BCUT2D eigenvalue weighted by Crippen LogP contribution is -2.17. The highest BCUT2D eigenvalue weighted by molar-refractivity contribution is 7.99. The van der Waals surface area contributed by atoms with Crippen LogP contribution in [0.3, 0.4) is 0 Å². The number of carbonyl (C=O) groups is 2. The minimum atomic E-state index is -0.259. The summed E-state index contributed by atoms with van der Waals surface area (Å²) < 4.78 is 6.43. The number of nitrogens with two attached hydrogens (primary N) is 1. The highest BCUT2D eigenvalue weighted by Gasteiger charge is 2.14. The summed E-state index contributed by atoms with van der Waals surface area (Å²) in [4.78, 5) is 28.8. The van der Waals surface area contributed by atoms with Gasteiger partial charge in [0.1, 0.15) is 5.75 Å². The molecule has 0 saturated carbocycles. The molecule has 0 aliphatic heterocycles. The molecule has 0 atom stereocenters. The maximum absolute atomic E-state index is 12.4. The largest absolute Gasteiger partial charge is 0.497 e. The van der Waals surface area contributed by atoms with E-state index in [1.165, 1.54) is 4.68 Å². The third kappa shape index (κ3) is 5.51. The number of pyridine rings is 1. The molecule has 2 amide bonds. The van der Waals surface area contributed by atoms with Gasteiger partial charge in [-0.05, 0) is 60.7 Å². The van der Waals surface area contributed by atoms with E-state index in [1.54, 1.807) is 74.1 Å². The van der Waals surface area contributed by atoms with Crippen LogP contribution in [0.4, 0.5) is 11.4 Å². The van der Waals surface area contributed by atoms with Gasteiger partial charge in [0.15, 0.2) is 5.82 Å². The molecule has 2 aromatic carbocycles. The Morgan fingerprint density at radius 1 is 1.00 bits per heavy atom. The van der Waals surface area contributed by atoms with E-state index in [9.17, 15) is 9.59 Å². The van der Waals surface area contributed by atoms with E-state index in [2.05, 4.69) is 25.8 Å². The van der Waals surface area contributed by atoms with E-state index in [0.717, 1.165) is 17.3 Å². The Morgan fingerprint density at radius 3 is 2.38 bits per heavy atom. The van der Waals surface area contributed by atoms with Crippen LogP contribution in [0.2, 0.25) is 0 Å². The number of anilines is 2. The molecule has 0 fully saturated rings. The average molecular weight is 476 g/mol. The fraction of sp³-hybridized carbons (Fsp3) is 0.0870. The molecule has 0 saturated heterocycles. The van der Waals surface area contributed by atoms with Gasteiger partial charge in [0.25, 0.3) is 5.91 Å². The molecule has 10 nitrogen and oxygen atoms in total. The van der Waals surface area contributed by atoms with Crippen molar-refractivity contribution < 1.29 is 14.3 Å². The van der Waals surface area contributed by atoms with Crippen molar-refractivity contribution >= 4 is 35.0 Å². The number of aromatic nitrogens is 4. The van der Waals surface area contributed by atoms with Gasteiger partial charge in [-0.25, -0.2) is 4.68 Å². The van der Waals surface area contributed by atoms with Crippen molar-refractivity contribution in [2.75, 3.05) is 29.3 Å². The van der Waals surface area contributed by atoms with Gasteiger partial charge in [0.05, 0.1) is 12.9 Å². The van der Waals surface area contributed by atoms with Crippen molar-refractivity contribution in [1.29, 1.82) is 0 Å². The smallest absolute Gasteiger partial charge is 0.255 e. The second kappa shape index (κ2) is 10.5. The van der Waals surface area contributed by atoms with Gasteiger partial charge in [0.2, 0.25) is 11.1 Å². The number of ether oxygens (including phenoxy) is 1. The van der Waals surface area contributed by atoms with Gasteiger partial charge in [-0.1, -0.05) is 11.8 Å². The van der Waals surface area contributed by atoms with E-state index in [0.29, 0.717) is 33.7 Å². The second-order valence-corrected chi connectivity index (χ2v) is 7.96. The zero-order valence-electron chi connectivity index (χ0n) is 18.1. The van der Waals surface area contributed by atoms with Crippen LogP contribution in [0.25, 0.3) is 11.4 Å². The van der Waals surface area contributed by atoms with Crippen molar-refractivity contribution in [2.24, 2.45) is 0 Å². The molecule has 4 aromatic rings. The van der Waals surface area contributed by atoms with E-state index in [-0.39, 0.29) is 17.6 Å². The van der Waals surface area contributed by atoms with Crippen molar-refractivity contribution in [3.05, 3.63) is 78.6 Å². The molecule has 0 radical (unpaired) electrons. The summed E-state index contributed by atoms with van der Waals surface area (Å²) >= 11 is 1.16. The number of methoxy groups -OCH3 is 1. The number of hydrogen-bond donors (Lipinski definition) is 3. The Balaban J connectivity index is 1.30. The molecular formula is C23H21N7O3S. The Hall–Kier alpha value is -4.38. The van der Waals surface area contributed by atoms with Gasteiger partial charge in [0, 0.05) is 34.9 Å². The normalized spacial score (nSPS) is 10.5. The SMILES string of the molecule is COc1ccc(NC(=O)c2ccc(NC(=O)CSc3nnc(-c4cccnc4)n3N)cc2)cc1. The van der Waals surface area contributed by atoms with E-state index < -0.39 is 0 Å². The molecule has 0 aliphatic rings. The molecule has 0 aliphatic carbocycles. The summed E-state index contributed by atoms with van der Waals surface area (Å²) in [6.07, 6.45) is 3.29. The van der Waals surface area contributed by atoms with E-state index in [4.69, 9.17) is 10.6 Å². The molecule has 11 heteroatoms. The standard InChI is InChI=1S/C23H21N7O3S/c1-33-19-10-8-18(9-11-19)27-22(32)15-4-6-17(7-5-15)26-20(31)14-34-23-29-28-21(30(23)24)16-3-2-12-25-13-16/h2-13H,14,24H2,1H3,(H,26,31)(H,27,32). The summed E-state index contributed by atoms with van der Waals surface area (Å²) in [7, 11) is 1.58. The van der Waals surface area contributed by atoms with Crippen molar-refractivity contribution in [1.82, 2.24) is 19.9 Å². The van der Waals surface area contributed by atoms with Crippen LogP contribution >= 0.6 is 11.8 Å². The Kier molecular flexibility index (Phi) is 7.04. The first-order valence-corrected chi connectivity index (χ1v) is 11.1. The lowest BCUT2D eigenvalue weighted by molar-refractivity contribution is -0.113. The van der Waals surface area contributed by atoms with Gasteiger partial charge in [-0.15, -0.1) is 10.2 Å². The van der Waals surface area contributed by atoms with Gasteiger partial charge < -0.3 is 21.2 Å². The highest BCUT2D eigenvalue weighted by atomic mass is 32.2. The van der Waals surface area contributed by atoms with Crippen LogP contribution in [-0.4, -0.2) is 44.5 Å². The first-order chi connectivity index (χ1) is 16.5. The number of nitrogens with zero attached hydrogens (tertiary/aromatic N) is 4. The highest BCUT2D eigenvalue weighted by Crippen LogP contribution is 2.21. The summed E-state index contributed by atoms with van der Waals surface area (Å²) in [5, 5.41) is 14.1. The number of nitrogens with one attached hydrogen (secondary N) is 2. The maximum atomic E-state index is 12.4. The first kappa shape index (κ1) is 22.8. The third-order valence-electron chi connectivity index (χ3n) is 4.70. The zero-order chi connectivity index (χ0) is 23.9.